The van der Waals surface area contributed by atoms with Gasteiger partial charge >= 0.3 is 0 Å². The van der Waals surface area contributed by atoms with E-state index >= 15 is 0 Å². The fourth-order valence-electron chi connectivity index (χ4n) is 1.82. The summed E-state index contributed by atoms with van der Waals surface area (Å²) in [4.78, 5) is 12.0. The Morgan fingerprint density at radius 1 is 1.31 bits per heavy atom. The Balaban J connectivity index is 4.16. The molecule has 4 heteroatoms. The molecule has 2 N–H and O–H groups in total. The summed E-state index contributed by atoms with van der Waals surface area (Å²) in [6.45, 7) is 6.95. The van der Waals surface area contributed by atoms with Gasteiger partial charge in [-0.05, 0) is 25.0 Å². The Morgan fingerprint density at radius 2 is 1.94 bits per heavy atom. The minimum Gasteiger partial charge on any atom is -0.396 e. The molecule has 0 saturated heterocycles. The molecule has 1 amide bonds. The first kappa shape index (κ1) is 15.8. The number of thioether (sulfide) groups is 1. The molecule has 0 unspecified atom stereocenters. The Kier molecular flexibility index (Phi) is 8.76. The molecule has 0 aliphatic heterocycles. The number of hydrogen-bond donors (Lipinski definition) is 2. The van der Waals surface area contributed by atoms with Crippen molar-refractivity contribution in [1.29, 1.82) is 0 Å². The highest BCUT2D eigenvalue weighted by Gasteiger charge is 2.33. The molecule has 0 fully saturated rings. The summed E-state index contributed by atoms with van der Waals surface area (Å²) in [5, 5.41) is 12.0. The second kappa shape index (κ2) is 8.88. The molecule has 0 heterocycles. The molecule has 16 heavy (non-hydrogen) atoms. The predicted molar refractivity (Wildman–Crippen MR) is 70.7 cm³/mol. The quantitative estimate of drug-likeness (QED) is 0.613. The average molecular weight is 247 g/mol. The number of amides is 1. The summed E-state index contributed by atoms with van der Waals surface area (Å²) in [5.74, 6) is 2.15. The van der Waals surface area contributed by atoms with Gasteiger partial charge in [-0.2, -0.15) is 11.8 Å². The first-order valence-corrected chi connectivity index (χ1v) is 7.29. The highest BCUT2D eigenvalue weighted by atomic mass is 32.2. The van der Waals surface area contributed by atoms with Crippen molar-refractivity contribution in [2.45, 2.75) is 40.0 Å². The van der Waals surface area contributed by atoms with Crippen molar-refractivity contribution in [3.63, 3.8) is 0 Å². The zero-order valence-electron chi connectivity index (χ0n) is 10.7. The SMILES string of the molecule is CCSCCNC(=O)C(CC)(CC)CCO. The first-order valence-electron chi connectivity index (χ1n) is 6.13. The molecule has 0 atom stereocenters. The largest absolute Gasteiger partial charge is 0.396 e. The highest BCUT2D eigenvalue weighted by Crippen LogP contribution is 2.30. The summed E-state index contributed by atoms with van der Waals surface area (Å²) in [5.41, 5.74) is -0.369. The lowest BCUT2D eigenvalue weighted by molar-refractivity contribution is -0.132. The van der Waals surface area contributed by atoms with E-state index in [1.54, 1.807) is 0 Å². The van der Waals surface area contributed by atoms with Crippen LogP contribution in [0, 0.1) is 5.41 Å². The van der Waals surface area contributed by atoms with Gasteiger partial charge in [0, 0.05) is 18.9 Å². The summed E-state index contributed by atoms with van der Waals surface area (Å²) in [7, 11) is 0. The fourth-order valence-corrected chi connectivity index (χ4v) is 2.36. The molecule has 0 aliphatic rings. The van der Waals surface area contributed by atoms with Crippen LogP contribution in [-0.4, -0.2) is 35.7 Å². The van der Waals surface area contributed by atoms with E-state index in [9.17, 15) is 4.79 Å². The summed E-state index contributed by atoms with van der Waals surface area (Å²) < 4.78 is 0. The number of aliphatic hydroxyl groups excluding tert-OH is 1. The molecular weight excluding hydrogens is 222 g/mol. The van der Waals surface area contributed by atoms with Gasteiger partial charge in [0.15, 0.2) is 0 Å². The molecule has 0 saturated carbocycles. The van der Waals surface area contributed by atoms with E-state index in [-0.39, 0.29) is 17.9 Å². The second-order valence-electron chi connectivity index (χ2n) is 3.91. The lowest BCUT2D eigenvalue weighted by atomic mass is 9.78. The Morgan fingerprint density at radius 3 is 2.38 bits per heavy atom. The van der Waals surface area contributed by atoms with Crippen LogP contribution in [0.4, 0.5) is 0 Å². The van der Waals surface area contributed by atoms with Gasteiger partial charge in [0.25, 0.3) is 0 Å². The molecular formula is C12H25NO2S. The first-order chi connectivity index (χ1) is 7.66. The maximum absolute atomic E-state index is 12.0. The zero-order valence-corrected chi connectivity index (χ0v) is 11.5. The van der Waals surface area contributed by atoms with Crippen LogP contribution in [0.25, 0.3) is 0 Å². The van der Waals surface area contributed by atoms with Crippen molar-refractivity contribution in [3.8, 4) is 0 Å². The summed E-state index contributed by atoms with van der Waals surface area (Å²) in [6, 6.07) is 0. The molecule has 0 spiro atoms. The number of hydrogen-bond acceptors (Lipinski definition) is 3. The Hall–Kier alpha value is -0.220. The number of nitrogens with one attached hydrogen (secondary N) is 1. The van der Waals surface area contributed by atoms with Crippen LogP contribution in [0.5, 0.6) is 0 Å². The van der Waals surface area contributed by atoms with Crippen molar-refractivity contribution in [1.82, 2.24) is 5.32 Å². The van der Waals surface area contributed by atoms with Crippen LogP contribution in [0.2, 0.25) is 0 Å². The maximum Gasteiger partial charge on any atom is 0.226 e. The highest BCUT2D eigenvalue weighted by molar-refractivity contribution is 7.99. The number of rotatable bonds is 9. The van der Waals surface area contributed by atoms with Crippen LogP contribution in [-0.2, 0) is 4.79 Å². The molecule has 96 valence electrons. The maximum atomic E-state index is 12.0. The lowest BCUT2D eigenvalue weighted by Gasteiger charge is -2.29. The van der Waals surface area contributed by atoms with Crippen molar-refractivity contribution in [2.75, 3.05) is 24.7 Å². The van der Waals surface area contributed by atoms with Crippen LogP contribution >= 0.6 is 11.8 Å². The van der Waals surface area contributed by atoms with Gasteiger partial charge in [0.05, 0.1) is 5.41 Å². The van der Waals surface area contributed by atoms with Crippen molar-refractivity contribution >= 4 is 17.7 Å². The Bertz CT molecular complexity index is 193. The molecule has 0 aromatic rings. The van der Waals surface area contributed by atoms with Gasteiger partial charge in [-0.25, -0.2) is 0 Å². The smallest absolute Gasteiger partial charge is 0.226 e. The van der Waals surface area contributed by atoms with Crippen LogP contribution in [0.1, 0.15) is 40.0 Å². The minimum atomic E-state index is -0.369. The van der Waals surface area contributed by atoms with Crippen LogP contribution < -0.4 is 5.32 Å². The monoisotopic (exact) mass is 247 g/mol. The number of carbonyl (C=O) groups excluding carboxylic acids is 1. The van der Waals surface area contributed by atoms with Crippen LogP contribution in [0.15, 0.2) is 0 Å². The van der Waals surface area contributed by atoms with Crippen molar-refractivity contribution < 1.29 is 9.90 Å². The third kappa shape index (κ3) is 4.74. The topological polar surface area (TPSA) is 49.3 Å². The number of aliphatic hydroxyl groups is 1. The molecule has 3 nitrogen and oxygen atoms in total. The molecule has 0 aliphatic carbocycles. The average Bonchev–Trinajstić information content (AvgIpc) is 2.31. The molecule has 0 radical (unpaired) electrons. The zero-order chi connectivity index (χ0) is 12.4. The summed E-state index contributed by atoms with van der Waals surface area (Å²) in [6.07, 6.45) is 2.14. The number of carbonyl (C=O) groups is 1. The standard InChI is InChI=1S/C12H25NO2S/c1-4-12(5-2,7-9-14)11(15)13-8-10-16-6-3/h14H,4-10H2,1-3H3,(H,13,15). The molecule has 0 aromatic heterocycles. The second-order valence-corrected chi connectivity index (χ2v) is 5.31. The van der Waals surface area contributed by atoms with Crippen LogP contribution in [0.3, 0.4) is 0 Å². The van der Waals surface area contributed by atoms with E-state index < -0.39 is 0 Å². The normalized spacial score (nSPS) is 11.5. The van der Waals surface area contributed by atoms with Gasteiger partial charge in [-0.1, -0.05) is 20.8 Å². The molecule has 0 aromatic carbocycles. The van der Waals surface area contributed by atoms with Crippen molar-refractivity contribution in [2.24, 2.45) is 5.41 Å². The van der Waals surface area contributed by atoms with E-state index in [0.29, 0.717) is 6.42 Å². The van der Waals surface area contributed by atoms with E-state index in [2.05, 4.69) is 12.2 Å². The van der Waals surface area contributed by atoms with Gasteiger partial charge in [0.1, 0.15) is 0 Å². The molecule has 0 bridgehead atoms. The fraction of sp³-hybridized carbons (Fsp3) is 0.917. The molecule has 0 rings (SSSR count). The lowest BCUT2D eigenvalue weighted by Crippen LogP contribution is -2.41. The summed E-state index contributed by atoms with van der Waals surface area (Å²) >= 11 is 1.83. The minimum absolute atomic E-state index is 0.0822. The van der Waals surface area contributed by atoms with Gasteiger partial charge in [-0.3, -0.25) is 4.79 Å². The Labute approximate surface area is 103 Å². The van der Waals surface area contributed by atoms with E-state index in [1.165, 1.54) is 0 Å². The van der Waals surface area contributed by atoms with E-state index in [0.717, 1.165) is 30.9 Å². The van der Waals surface area contributed by atoms with Gasteiger partial charge < -0.3 is 10.4 Å². The third-order valence-electron chi connectivity index (χ3n) is 3.16. The van der Waals surface area contributed by atoms with Crippen molar-refractivity contribution in [3.05, 3.63) is 0 Å². The third-order valence-corrected chi connectivity index (χ3v) is 4.06. The van der Waals surface area contributed by atoms with E-state index in [1.807, 2.05) is 25.6 Å². The van der Waals surface area contributed by atoms with Gasteiger partial charge in [-0.15, -0.1) is 0 Å². The van der Waals surface area contributed by atoms with E-state index in [4.69, 9.17) is 5.11 Å². The predicted octanol–water partition coefficient (Wildman–Crippen LogP) is 2.04. The van der Waals surface area contributed by atoms with Gasteiger partial charge in [0.2, 0.25) is 5.91 Å².